The molecule has 0 heterocycles. The van der Waals surface area contributed by atoms with Crippen LogP contribution in [0.25, 0.3) is 6.08 Å². The summed E-state index contributed by atoms with van der Waals surface area (Å²) in [5.74, 6) is -0.964. The van der Waals surface area contributed by atoms with E-state index < -0.39 is 11.9 Å². The molecule has 0 saturated heterocycles. The molecule has 0 aliphatic heterocycles. The Labute approximate surface area is 189 Å². The van der Waals surface area contributed by atoms with E-state index >= 15 is 0 Å². The maximum absolute atomic E-state index is 12.7. The molecule has 1 N–H and O–H groups in total. The number of amides is 1. The third kappa shape index (κ3) is 5.79. The molecular formula is C22H18Cl2N2O5. The molecule has 0 fully saturated rings. The second kappa shape index (κ2) is 11.1. The smallest absolute Gasteiger partial charge is 0.349 e. The average molecular weight is 461 g/mol. The summed E-state index contributed by atoms with van der Waals surface area (Å²) >= 11 is 12.2. The van der Waals surface area contributed by atoms with Gasteiger partial charge in [-0.05, 0) is 35.9 Å². The minimum Gasteiger partial charge on any atom is -0.494 e. The van der Waals surface area contributed by atoms with Gasteiger partial charge >= 0.3 is 5.97 Å². The second-order valence-electron chi connectivity index (χ2n) is 5.91. The fourth-order valence-corrected chi connectivity index (χ4v) is 2.97. The number of methoxy groups -OCH3 is 2. The molecule has 31 heavy (non-hydrogen) atoms. The van der Waals surface area contributed by atoms with Gasteiger partial charge in [0.25, 0.3) is 5.91 Å². The highest BCUT2D eigenvalue weighted by molar-refractivity contribution is 6.37. The number of ether oxygens (including phenoxy) is 3. The molecule has 0 saturated carbocycles. The van der Waals surface area contributed by atoms with E-state index in [9.17, 15) is 14.9 Å². The second-order valence-corrected chi connectivity index (χ2v) is 6.72. The molecule has 1 amide bonds. The highest BCUT2D eigenvalue weighted by atomic mass is 35.5. The summed E-state index contributed by atoms with van der Waals surface area (Å²) in [6, 6.07) is 9.32. The van der Waals surface area contributed by atoms with Crippen molar-refractivity contribution in [1.82, 2.24) is 5.32 Å². The van der Waals surface area contributed by atoms with Crippen molar-refractivity contribution in [2.75, 3.05) is 20.8 Å². The predicted octanol–water partition coefficient (Wildman–Crippen LogP) is 4.44. The van der Waals surface area contributed by atoms with Crippen molar-refractivity contribution in [1.29, 1.82) is 5.26 Å². The standard InChI is InChI=1S/C22H18Cl2N2O5/c1-4-9-26-21(27)14(12-25)10-13-5-8-17(18(11-13)29-2)31-22(28)19-15(23)6-7-16(24)20(19)30-3/h4-8,10-11H,1,9H2,2-3H3,(H,26,27)/b14-10+. The molecule has 160 valence electrons. The van der Waals surface area contributed by atoms with Crippen molar-refractivity contribution in [3.63, 3.8) is 0 Å². The van der Waals surface area contributed by atoms with Crippen molar-refractivity contribution in [2.45, 2.75) is 0 Å². The maximum atomic E-state index is 12.7. The van der Waals surface area contributed by atoms with Crippen molar-refractivity contribution in [3.8, 4) is 23.3 Å². The molecule has 0 atom stereocenters. The van der Waals surface area contributed by atoms with Gasteiger partial charge in [-0.3, -0.25) is 4.79 Å². The Balaban J connectivity index is 2.35. The number of nitrogens with one attached hydrogen (secondary N) is 1. The molecule has 0 unspecified atom stereocenters. The van der Waals surface area contributed by atoms with Crippen molar-refractivity contribution in [2.24, 2.45) is 0 Å². The monoisotopic (exact) mass is 460 g/mol. The number of esters is 1. The summed E-state index contributed by atoms with van der Waals surface area (Å²) in [7, 11) is 2.74. The summed E-state index contributed by atoms with van der Waals surface area (Å²) in [5.41, 5.74) is 0.345. The van der Waals surface area contributed by atoms with Crippen LogP contribution in [-0.4, -0.2) is 32.6 Å². The Kier molecular flexibility index (Phi) is 8.50. The van der Waals surface area contributed by atoms with E-state index in [0.29, 0.717) is 5.56 Å². The zero-order valence-electron chi connectivity index (χ0n) is 16.7. The number of carbonyl (C=O) groups excluding carboxylic acids is 2. The third-order valence-corrected chi connectivity index (χ3v) is 4.55. The van der Waals surface area contributed by atoms with Crippen LogP contribution in [0.5, 0.6) is 17.2 Å². The van der Waals surface area contributed by atoms with Crippen LogP contribution < -0.4 is 19.5 Å². The van der Waals surface area contributed by atoms with E-state index in [1.54, 1.807) is 6.07 Å². The number of nitrogens with zero attached hydrogens (tertiary/aromatic N) is 1. The lowest BCUT2D eigenvalue weighted by atomic mass is 10.1. The molecule has 2 aromatic rings. The Morgan fingerprint density at radius 3 is 2.45 bits per heavy atom. The van der Waals surface area contributed by atoms with Crippen molar-refractivity contribution in [3.05, 3.63) is 69.7 Å². The third-order valence-electron chi connectivity index (χ3n) is 3.94. The lowest BCUT2D eigenvalue weighted by Gasteiger charge is -2.13. The Bertz CT molecular complexity index is 1090. The molecular weight excluding hydrogens is 443 g/mol. The molecule has 2 aromatic carbocycles. The van der Waals surface area contributed by atoms with E-state index in [1.165, 1.54) is 50.6 Å². The molecule has 0 radical (unpaired) electrons. The van der Waals surface area contributed by atoms with Crippen LogP contribution in [-0.2, 0) is 4.79 Å². The number of rotatable bonds is 8. The predicted molar refractivity (Wildman–Crippen MR) is 118 cm³/mol. The Morgan fingerprint density at radius 1 is 1.13 bits per heavy atom. The fourth-order valence-electron chi connectivity index (χ4n) is 2.51. The average Bonchev–Trinajstić information content (AvgIpc) is 2.77. The van der Waals surface area contributed by atoms with Gasteiger partial charge in [0, 0.05) is 6.54 Å². The minimum atomic E-state index is -0.799. The molecule has 2 rings (SSSR count). The van der Waals surface area contributed by atoms with E-state index in [2.05, 4.69) is 11.9 Å². The Hall–Kier alpha value is -3.47. The molecule has 0 aliphatic carbocycles. The molecule has 9 heteroatoms. The fraction of sp³-hybridized carbons (Fsp3) is 0.136. The number of hydrogen-bond donors (Lipinski definition) is 1. The molecule has 0 aromatic heterocycles. The SMILES string of the molecule is C=CCNC(=O)/C(C#N)=C/c1ccc(OC(=O)c2c(Cl)ccc(Cl)c2OC)c(OC)c1. The largest absolute Gasteiger partial charge is 0.494 e. The van der Waals surface area contributed by atoms with Gasteiger partial charge in [-0.2, -0.15) is 5.26 Å². The van der Waals surface area contributed by atoms with E-state index in [1.807, 2.05) is 6.07 Å². The first-order valence-electron chi connectivity index (χ1n) is 8.79. The summed E-state index contributed by atoms with van der Waals surface area (Å²) in [6.07, 6.45) is 2.88. The number of halogens is 2. The van der Waals surface area contributed by atoms with Crippen LogP contribution in [0.4, 0.5) is 0 Å². The summed E-state index contributed by atoms with van der Waals surface area (Å²) in [5, 5.41) is 12.1. The van der Waals surface area contributed by atoms with Crippen LogP contribution >= 0.6 is 23.2 Å². The first-order chi connectivity index (χ1) is 14.9. The quantitative estimate of drug-likeness (QED) is 0.205. The van der Waals surface area contributed by atoms with E-state index in [0.717, 1.165) is 0 Å². The van der Waals surface area contributed by atoms with Gasteiger partial charge in [0.2, 0.25) is 0 Å². The van der Waals surface area contributed by atoms with Crippen LogP contribution in [0.3, 0.4) is 0 Å². The first-order valence-corrected chi connectivity index (χ1v) is 9.54. The lowest BCUT2D eigenvalue weighted by Crippen LogP contribution is -2.24. The van der Waals surface area contributed by atoms with Crippen molar-refractivity contribution < 1.29 is 23.8 Å². The zero-order chi connectivity index (χ0) is 23.0. The van der Waals surface area contributed by atoms with Gasteiger partial charge in [0.1, 0.15) is 17.2 Å². The zero-order valence-corrected chi connectivity index (χ0v) is 18.2. The molecule has 7 nitrogen and oxygen atoms in total. The normalized spacial score (nSPS) is 10.6. The van der Waals surface area contributed by atoms with Gasteiger partial charge < -0.3 is 19.5 Å². The first kappa shape index (κ1) is 23.8. The lowest BCUT2D eigenvalue weighted by molar-refractivity contribution is -0.116. The van der Waals surface area contributed by atoms with Gasteiger partial charge in [-0.25, -0.2) is 4.79 Å². The molecule has 0 aliphatic rings. The topological polar surface area (TPSA) is 97.7 Å². The summed E-state index contributed by atoms with van der Waals surface area (Å²) < 4.78 is 15.9. The van der Waals surface area contributed by atoms with Crippen LogP contribution in [0.2, 0.25) is 10.0 Å². The minimum absolute atomic E-state index is 0.0339. The van der Waals surface area contributed by atoms with Crippen molar-refractivity contribution >= 4 is 41.2 Å². The Morgan fingerprint density at radius 2 is 1.84 bits per heavy atom. The molecule has 0 spiro atoms. The number of hydrogen-bond acceptors (Lipinski definition) is 6. The molecule has 0 bridgehead atoms. The van der Waals surface area contributed by atoms with Crippen LogP contribution in [0.1, 0.15) is 15.9 Å². The highest BCUT2D eigenvalue weighted by Crippen LogP contribution is 2.36. The van der Waals surface area contributed by atoms with Gasteiger partial charge in [0.15, 0.2) is 17.2 Å². The summed E-state index contributed by atoms with van der Waals surface area (Å²) in [4.78, 5) is 24.7. The van der Waals surface area contributed by atoms with Gasteiger partial charge in [-0.1, -0.05) is 35.3 Å². The van der Waals surface area contributed by atoms with Gasteiger partial charge in [0.05, 0.1) is 24.3 Å². The highest BCUT2D eigenvalue weighted by Gasteiger charge is 2.23. The number of nitriles is 1. The van der Waals surface area contributed by atoms with Crippen LogP contribution in [0.15, 0.2) is 48.6 Å². The number of carbonyl (C=O) groups is 2. The van der Waals surface area contributed by atoms with Gasteiger partial charge in [-0.15, -0.1) is 6.58 Å². The van der Waals surface area contributed by atoms with Crippen LogP contribution in [0, 0.1) is 11.3 Å². The summed E-state index contributed by atoms with van der Waals surface area (Å²) in [6.45, 7) is 3.73. The van der Waals surface area contributed by atoms with E-state index in [4.69, 9.17) is 37.4 Å². The number of benzene rings is 2. The maximum Gasteiger partial charge on any atom is 0.349 e. The van der Waals surface area contributed by atoms with E-state index in [-0.39, 0.29) is 45.0 Å².